The Labute approximate surface area is 197 Å². The van der Waals surface area contributed by atoms with Crippen LogP contribution in [0.15, 0.2) is 77.8 Å². The number of aromatic nitrogens is 4. The fourth-order valence-corrected chi connectivity index (χ4v) is 4.93. The number of hydrogen-bond acceptors (Lipinski definition) is 6. The van der Waals surface area contributed by atoms with Crippen LogP contribution in [0.1, 0.15) is 25.5 Å². The molecule has 0 atom stereocenters. The van der Waals surface area contributed by atoms with E-state index in [2.05, 4.69) is 45.8 Å². The number of hydrogen-bond donors (Lipinski definition) is 0. The predicted octanol–water partition coefficient (Wildman–Crippen LogP) is 6.73. The monoisotopic (exact) mass is 462 g/mol. The summed E-state index contributed by atoms with van der Waals surface area (Å²) in [5.74, 6) is 2.45. The lowest BCUT2D eigenvalue weighted by molar-refractivity contribution is 0.309. The lowest BCUT2D eigenvalue weighted by atomic mass is 10.2. The minimum Gasteiger partial charge on any atom is -0.494 e. The number of benzene rings is 2. The molecule has 4 aromatic rings. The first-order valence-corrected chi connectivity index (χ1v) is 12.5. The van der Waals surface area contributed by atoms with Gasteiger partial charge in [-0.05, 0) is 30.7 Å². The summed E-state index contributed by atoms with van der Waals surface area (Å²) in [5, 5.41) is 12.9. The van der Waals surface area contributed by atoms with Gasteiger partial charge in [0.15, 0.2) is 11.0 Å². The molecule has 2 aromatic carbocycles. The molecule has 5 nitrogen and oxygen atoms in total. The third-order valence-corrected chi connectivity index (χ3v) is 6.77. The lowest BCUT2D eigenvalue weighted by Crippen LogP contribution is -2.01. The highest BCUT2D eigenvalue weighted by molar-refractivity contribution is 7.98. The number of thioether (sulfide) groups is 1. The van der Waals surface area contributed by atoms with Gasteiger partial charge in [0.2, 0.25) is 0 Å². The van der Waals surface area contributed by atoms with Crippen LogP contribution in [-0.2, 0) is 12.3 Å². The van der Waals surface area contributed by atoms with Gasteiger partial charge in [-0.15, -0.1) is 28.1 Å². The smallest absolute Gasteiger partial charge is 0.192 e. The van der Waals surface area contributed by atoms with E-state index in [-0.39, 0.29) is 0 Å². The zero-order valence-electron chi connectivity index (χ0n) is 18.1. The Morgan fingerprint density at radius 1 is 1.06 bits per heavy atom. The third-order valence-electron chi connectivity index (χ3n) is 4.83. The second-order valence-electron chi connectivity index (χ2n) is 7.23. The van der Waals surface area contributed by atoms with Crippen molar-refractivity contribution in [3.05, 3.63) is 78.3 Å². The molecule has 164 valence electrons. The predicted molar refractivity (Wildman–Crippen MR) is 133 cm³/mol. The Morgan fingerprint density at radius 2 is 1.88 bits per heavy atom. The van der Waals surface area contributed by atoms with Crippen molar-refractivity contribution in [1.29, 1.82) is 0 Å². The van der Waals surface area contributed by atoms with E-state index in [9.17, 15) is 0 Å². The summed E-state index contributed by atoms with van der Waals surface area (Å²) in [5.41, 5.74) is 3.20. The van der Waals surface area contributed by atoms with Crippen molar-refractivity contribution >= 4 is 23.1 Å². The number of allylic oxidation sites excluding steroid dienone is 1. The van der Waals surface area contributed by atoms with Crippen LogP contribution in [0.2, 0.25) is 0 Å². The molecule has 0 spiro atoms. The molecular weight excluding hydrogens is 436 g/mol. The van der Waals surface area contributed by atoms with Gasteiger partial charge in [-0.1, -0.05) is 61.5 Å². The Bertz CT molecular complexity index is 1140. The number of unbranched alkanes of at least 4 members (excludes halogenated alkanes) is 1. The quantitative estimate of drug-likeness (QED) is 0.141. The van der Waals surface area contributed by atoms with Gasteiger partial charge in [-0.25, -0.2) is 4.98 Å². The van der Waals surface area contributed by atoms with E-state index in [0.29, 0.717) is 6.54 Å². The third kappa shape index (κ3) is 5.47. The van der Waals surface area contributed by atoms with Crippen molar-refractivity contribution in [1.82, 2.24) is 19.7 Å². The number of ether oxygens (including phenoxy) is 1. The van der Waals surface area contributed by atoms with Crippen LogP contribution < -0.4 is 4.74 Å². The number of rotatable bonds is 11. The van der Waals surface area contributed by atoms with E-state index >= 15 is 0 Å². The normalized spacial score (nSPS) is 10.9. The molecular formula is C25H26N4OS2. The molecule has 0 saturated carbocycles. The van der Waals surface area contributed by atoms with Crippen molar-refractivity contribution in [2.75, 3.05) is 6.61 Å². The highest BCUT2D eigenvalue weighted by Crippen LogP contribution is 2.30. The number of nitrogens with zero attached hydrogens (tertiary/aromatic N) is 4. The largest absolute Gasteiger partial charge is 0.494 e. The van der Waals surface area contributed by atoms with Crippen LogP contribution in [-0.4, -0.2) is 26.4 Å². The molecule has 0 aliphatic heterocycles. The Morgan fingerprint density at radius 3 is 2.62 bits per heavy atom. The highest BCUT2D eigenvalue weighted by atomic mass is 32.2. The first-order chi connectivity index (χ1) is 15.8. The molecule has 0 saturated heterocycles. The van der Waals surface area contributed by atoms with Crippen LogP contribution in [0.4, 0.5) is 0 Å². The molecule has 7 heteroatoms. The lowest BCUT2D eigenvalue weighted by Gasteiger charge is -2.09. The molecule has 0 radical (unpaired) electrons. The van der Waals surface area contributed by atoms with Crippen LogP contribution in [0.25, 0.3) is 22.0 Å². The zero-order valence-corrected chi connectivity index (χ0v) is 19.7. The summed E-state index contributed by atoms with van der Waals surface area (Å²) >= 11 is 3.31. The average molecular weight is 463 g/mol. The maximum atomic E-state index is 5.77. The van der Waals surface area contributed by atoms with E-state index in [1.54, 1.807) is 23.1 Å². The van der Waals surface area contributed by atoms with Crippen molar-refractivity contribution in [2.24, 2.45) is 0 Å². The summed E-state index contributed by atoms with van der Waals surface area (Å²) < 4.78 is 7.86. The van der Waals surface area contributed by atoms with Gasteiger partial charge in [0, 0.05) is 28.8 Å². The topological polar surface area (TPSA) is 52.8 Å². The van der Waals surface area contributed by atoms with Crippen LogP contribution in [0.5, 0.6) is 5.75 Å². The molecule has 4 rings (SSSR count). The SMILES string of the molecule is C=CCn1c(SCc2csc(-c3ccccc3)n2)nnc1-c1ccc(OCCCC)cc1. The van der Waals surface area contributed by atoms with Gasteiger partial charge in [-0.3, -0.25) is 4.57 Å². The Kier molecular flexibility index (Phi) is 7.74. The zero-order chi connectivity index (χ0) is 22.2. The first-order valence-electron chi connectivity index (χ1n) is 10.7. The van der Waals surface area contributed by atoms with E-state index in [4.69, 9.17) is 9.72 Å². The molecule has 0 amide bonds. The minimum absolute atomic E-state index is 0.645. The highest BCUT2D eigenvalue weighted by Gasteiger charge is 2.15. The summed E-state index contributed by atoms with van der Waals surface area (Å²) in [6.45, 7) is 7.45. The van der Waals surface area contributed by atoms with E-state index in [0.717, 1.165) is 63.8 Å². The van der Waals surface area contributed by atoms with Gasteiger partial charge in [0.1, 0.15) is 10.8 Å². The summed E-state index contributed by atoms with van der Waals surface area (Å²) in [4.78, 5) is 4.78. The summed E-state index contributed by atoms with van der Waals surface area (Å²) in [6, 6.07) is 18.3. The first kappa shape index (κ1) is 22.3. The Balaban J connectivity index is 1.46. The molecule has 0 aliphatic carbocycles. The summed E-state index contributed by atoms with van der Waals surface area (Å²) in [6.07, 6.45) is 4.05. The second kappa shape index (κ2) is 11.1. The van der Waals surface area contributed by atoms with Gasteiger partial charge in [0.25, 0.3) is 0 Å². The van der Waals surface area contributed by atoms with Crippen LogP contribution in [0, 0.1) is 0 Å². The van der Waals surface area contributed by atoms with Crippen LogP contribution in [0.3, 0.4) is 0 Å². The van der Waals surface area contributed by atoms with E-state index < -0.39 is 0 Å². The maximum Gasteiger partial charge on any atom is 0.192 e. The van der Waals surface area contributed by atoms with Crippen molar-refractivity contribution < 1.29 is 4.74 Å². The fraction of sp³-hybridized carbons (Fsp3) is 0.240. The minimum atomic E-state index is 0.645. The van der Waals surface area contributed by atoms with Gasteiger partial charge >= 0.3 is 0 Å². The van der Waals surface area contributed by atoms with E-state index in [1.165, 1.54) is 0 Å². The maximum absolute atomic E-state index is 5.77. The van der Waals surface area contributed by atoms with Gasteiger partial charge < -0.3 is 4.74 Å². The average Bonchev–Trinajstić information content (AvgIpc) is 3.47. The van der Waals surface area contributed by atoms with Crippen molar-refractivity contribution in [2.45, 2.75) is 37.2 Å². The summed E-state index contributed by atoms with van der Waals surface area (Å²) in [7, 11) is 0. The molecule has 32 heavy (non-hydrogen) atoms. The fourth-order valence-electron chi connectivity index (χ4n) is 3.16. The molecule has 2 heterocycles. The molecule has 0 N–H and O–H groups in total. The van der Waals surface area contributed by atoms with Gasteiger partial charge in [0.05, 0.1) is 12.3 Å². The van der Waals surface area contributed by atoms with Crippen LogP contribution >= 0.6 is 23.1 Å². The number of thiazole rings is 1. The molecule has 0 bridgehead atoms. The van der Waals surface area contributed by atoms with E-state index in [1.807, 2.05) is 48.5 Å². The van der Waals surface area contributed by atoms with Crippen molar-refractivity contribution in [3.8, 4) is 27.7 Å². The molecule has 0 aliphatic rings. The second-order valence-corrected chi connectivity index (χ2v) is 9.03. The molecule has 0 fully saturated rings. The molecule has 2 aromatic heterocycles. The van der Waals surface area contributed by atoms with Crippen molar-refractivity contribution in [3.63, 3.8) is 0 Å². The molecule has 0 unspecified atom stereocenters. The standard InChI is InChI=1S/C25H26N4OS2/c1-3-5-16-30-22-13-11-19(12-14-22)23-27-28-25(29(23)15-4-2)32-18-21-17-31-24(26-21)20-9-7-6-8-10-20/h4,6-14,17H,2-3,5,15-16,18H2,1H3. The van der Waals surface area contributed by atoms with Gasteiger partial charge in [-0.2, -0.15) is 0 Å². The Hall–Kier alpha value is -2.90.